The quantitative estimate of drug-likeness (QED) is 0.717. The smallest absolute Gasteiger partial charge is 0.187 e. The predicted octanol–water partition coefficient (Wildman–Crippen LogP) is 4.27. The van der Waals surface area contributed by atoms with Crippen LogP contribution in [0.15, 0.2) is 24.3 Å². The van der Waals surface area contributed by atoms with Crippen LogP contribution in [0.5, 0.6) is 0 Å². The van der Waals surface area contributed by atoms with E-state index in [1.807, 2.05) is 18.2 Å². The summed E-state index contributed by atoms with van der Waals surface area (Å²) >= 11 is 6.17. The SMILES string of the molecule is C[Si]1(C)CCCC(Cc2ccccc2Cl)O1. The molecule has 1 nitrogen and oxygen atoms in total. The highest BCUT2D eigenvalue weighted by Gasteiger charge is 2.31. The summed E-state index contributed by atoms with van der Waals surface area (Å²) in [6.07, 6.45) is 3.85. The molecule has 1 fully saturated rings. The number of benzene rings is 1. The van der Waals surface area contributed by atoms with Crippen molar-refractivity contribution >= 4 is 19.9 Å². The molecule has 1 atom stereocenters. The summed E-state index contributed by atoms with van der Waals surface area (Å²) in [5, 5.41) is 0.871. The van der Waals surface area contributed by atoms with Crippen molar-refractivity contribution in [3.05, 3.63) is 34.9 Å². The molecule has 0 bridgehead atoms. The van der Waals surface area contributed by atoms with Gasteiger partial charge in [0.2, 0.25) is 0 Å². The van der Waals surface area contributed by atoms with E-state index in [0.29, 0.717) is 6.10 Å². The summed E-state index contributed by atoms with van der Waals surface area (Å²) < 4.78 is 6.21. The van der Waals surface area contributed by atoms with Gasteiger partial charge in [0.25, 0.3) is 0 Å². The lowest BCUT2D eigenvalue weighted by Gasteiger charge is -2.34. The highest BCUT2D eigenvalue weighted by atomic mass is 35.5. The minimum absolute atomic E-state index is 0.385. The van der Waals surface area contributed by atoms with E-state index in [4.69, 9.17) is 16.0 Å². The molecule has 3 heteroatoms. The van der Waals surface area contributed by atoms with Crippen molar-refractivity contribution in [3.63, 3.8) is 0 Å². The highest BCUT2D eigenvalue weighted by molar-refractivity contribution is 6.71. The Balaban J connectivity index is 2.02. The van der Waals surface area contributed by atoms with E-state index in [1.165, 1.54) is 24.4 Å². The van der Waals surface area contributed by atoms with Crippen molar-refractivity contribution in [2.45, 2.75) is 44.5 Å². The normalized spacial score (nSPS) is 24.3. The molecule has 0 spiro atoms. The fourth-order valence-corrected chi connectivity index (χ4v) is 4.87. The summed E-state index contributed by atoms with van der Waals surface area (Å²) in [4.78, 5) is 0. The summed E-state index contributed by atoms with van der Waals surface area (Å²) in [5.74, 6) is 0. The van der Waals surface area contributed by atoms with Gasteiger partial charge in [-0.25, -0.2) is 0 Å². The van der Waals surface area contributed by atoms with Crippen LogP contribution in [0, 0.1) is 0 Å². The maximum atomic E-state index is 6.21. The number of halogens is 1. The fourth-order valence-electron chi connectivity index (χ4n) is 2.38. The first-order valence-corrected chi connectivity index (χ1v) is 9.47. The zero-order valence-corrected chi connectivity index (χ0v) is 11.8. The van der Waals surface area contributed by atoms with E-state index in [0.717, 1.165) is 11.4 Å². The monoisotopic (exact) mass is 254 g/mol. The highest BCUT2D eigenvalue weighted by Crippen LogP contribution is 2.29. The molecule has 0 N–H and O–H groups in total. The van der Waals surface area contributed by atoms with Crippen LogP contribution in [0.2, 0.25) is 24.2 Å². The van der Waals surface area contributed by atoms with E-state index < -0.39 is 8.32 Å². The molecule has 1 aromatic carbocycles. The Labute approximate surface area is 104 Å². The Bertz CT molecular complexity index is 365. The summed E-state index contributed by atoms with van der Waals surface area (Å²) in [6.45, 7) is 4.62. The molecule has 88 valence electrons. The van der Waals surface area contributed by atoms with E-state index >= 15 is 0 Å². The zero-order chi connectivity index (χ0) is 11.6. The van der Waals surface area contributed by atoms with Crippen LogP contribution in [0.3, 0.4) is 0 Å². The molecule has 0 amide bonds. The van der Waals surface area contributed by atoms with Crippen molar-refractivity contribution in [1.82, 2.24) is 0 Å². The molecule has 1 aliphatic rings. The molecule has 1 unspecified atom stereocenters. The van der Waals surface area contributed by atoms with Crippen molar-refractivity contribution in [2.75, 3.05) is 0 Å². The third kappa shape index (κ3) is 3.09. The zero-order valence-electron chi connectivity index (χ0n) is 10.0. The Hall–Kier alpha value is -0.313. The third-order valence-electron chi connectivity index (χ3n) is 3.20. The molecule has 0 aliphatic carbocycles. The minimum Gasteiger partial charge on any atom is -0.414 e. The van der Waals surface area contributed by atoms with Crippen molar-refractivity contribution in [1.29, 1.82) is 0 Å². The predicted molar refractivity (Wildman–Crippen MR) is 71.6 cm³/mol. The molecule has 1 aromatic rings. The summed E-state index contributed by atoms with van der Waals surface area (Å²) in [7, 11) is -1.37. The van der Waals surface area contributed by atoms with Crippen LogP contribution in [-0.4, -0.2) is 14.4 Å². The van der Waals surface area contributed by atoms with Gasteiger partial charge in [-0.2, -0.15) is 0 Å². The topological polar surface area (TPSA) is 9.23 Å². The molecule has 2 rings (SSSR count). The van der Waals surface area contributed by atoms with E-state index in [1.54, 1.807) is 0 Å². The van der Waals surface area contributed by atoms with Gasteiger partial charge in [0.15, 0.2) is 8.32 Å². The molecule has 1 aliphatic heterocycles. The first kappa shape index (κ1) is 12.2. The molecule has 1 saturated heterocycles. The summed E-state index contributed by atoms with van der Waals surface area (Å²) in [6, 6.07) is 9.39. The van der Waals surface area contributed by atoms with E-state index in [9.17, 15) is 0 Å². The van der Waals surface area contributed by atoms with Gasteiger partial charge in [-0.3, -0.25) is 0 Å². The average Bonchev–Trinajstić information content (AvgIpc) is 2.20. The molecule has 0 saturated carbocycles. The van der Waals surface area contributed by atoms with Crippen LogP contribution in [0.1, 0.15) is 18.4 Å². The lowest BCUT2D eigenvalue weighted by molar-refractivity contribution is 0.161. The standard InChI is InChI=1S/C13H19ClOSi/c1-16(2)9-5-7-12(15-16)10-11-6-3-4-8-13(11)14/h3-4,6,8,12H,5,7,9-10H2,1-2H3. The Kier molecular flexibility index (Phi) is 3.72. The Morgan fingerprint density at radius 2 is 2.12 bits per heavy atom. The lowest BCUT2D eigenvalue weighted by atomic mass is 10.0. The number of hydrogen-bond donors (Lipinski definition) is 0. The van der Waals surface area contributed by atoms with Gasteiger partial charge in [-0.15, -0.1) is 0 Å². The average molecular weight is 255 g/mol. The third-order valence-corrected chi connectivity index (χ3v) is 6.09. The lowest BCUT2D eigenvalue weighted by Crippen LogP contribution is -2.40. The molecule has 16 heavy (non-hydrogen) atoms. The second-order valence-electron chi connectivity index (χ2n) is 5.19. The molecular formula is C13H19ClOSi. The van der Waals surface area contributed by atoms with E-state index in [-0.39, 0.29) is 0 Å². The maximum Gasteiger partial charge on any atom is 0.187 e. The van der Waals surface area contributed by atoms with Crippen LogP contribution < -0.4 is 0 Å². The van der Waals surface area contributed by atoms with Gasteiger partial charge in [0.1, 0.15) is 0 Å². The van der Waals surface area contributed by atoms with Gasteiger partial charge in [-0.05, 0) is 43.6 Å². The second-order valence-corrected chi connectivity index (χ2v) is 9.85. The van der Waals surface area contributed by atoms with Crippen LogP contribution >= 0.6 is 11.6 Å². The van der Waals surface area contributed by atoms with Gasteiger partial charge in [0, 0.05) is 11.1 Å². The minimum atomic E-state index is -1.37. The van der Waals surface area contributed by atoms with Crippen LogP contribution in [0.25, 0.3) is 0 Å². The van der Waals surface area contributed by atoms with Gasteiger partial charge in [-0.1, -0.05) is 36.2 Å². The van der Waals surface area contributed by atoms with Gasteiger partial charge in [0.05, 0.1) is 0 Å². The molecule has 0 aromatic heterocycles. The van der Waals surface area contributed by atoms with Crippen molar-refractivity contribution < 1.29 is 4.43 Å². The van der Waals surface area contributed by atoms with Crippen molar-refractivity contribution in [2.24, 2.45) is 0 Å². The van der Waals surface area contributed by atoms with Crippen molar-refractivity contribution in [3.8, 4) is 0 Å². The molecule has 1 heterocycles. The maximum absolute atomic E-state index is 6.21. The Morgan fingerprint density at radius 1 is 1.38 bits per heavy atom. The Morgan fingerprint density at radius 3 is 2.81 bits per heavy atom. The van der Waals surface area contributed by atoms with Crippen LogP contribution in [-0.2, 0) is 10.8 Å². The van der Waals surface area contributed by atoms with Gasteiger partial charge >= 0.3 is 0 Å². The first-order chi connectivity index (χ1) is 7.57. The molecular weight excluding hydrogens is 236 g/mol. The number of rotatable bonds is 2. The van der Waals surface area contributed by atoms with Crippen LogP contribution in [0.4, 0.5) is 0 Å². The molecule has 0 radical (unpaired) electrons. The van der Waals surface area contributed by atoms with E-state index in [2.05, 4.69) is 19.2 Å². The van der Waals surface area contributed by atoms with Gasteiger partial charge < -0.3 is 4.43 Å². The fraction of sp³-hybridized carbons (Fsp3) is 0.538. The number of hydrogen-bond acceptors (Lipinski definition) is 1. The summed E-state index contributed by atoms with van der Waals surface area (Å²) in [5.41, 5.74) is 1.22. The second kappa shape index (κ2) is 4.90. The first-order valence-electron chi connectivity index (χ1n) is 5.98. The largest absolute Gasteiger partial charge is 0.414 e.